The van der Waals surface area contributed by atoms with Gasteiger partial charge < -0.3 is 14.6 Å². The van der Waals surface area contributed by atoms with Crippen molar-refractivity contribution in [2.24, 2.45) is 5.92 Å². The van der Waals surface area contributed by atoms with E-state index in [-0.39, 0.29) is 24.8 Å². The summed E-state index contributed by atoms with van der Waals surface area (Å²) >= 11 is 0. The molecule has 0 heterocycles. The molecule has 10 heteroatoms. The standard InChI is InChI=1S/C25H28F2N2O6/c1-17(6-4-2-3-5-7-23(31)29-33)24(18-8-11-20(12-9-18)34-15-14-30)35-25(32)28-22-13-10-19(26)16-21(22)27/h2-3,5,7-13,16-17,24,30,33H,4,6,14-15H2,1H3,(H,28,32)(H,29,31)/b3-2+,7-5+/t17-,24-/m0/s1. The van der Waals surface area contributed by atoms with Gasteiger partial charge in [0.2, 0.25) is 0 Å². The van der Waals surface area contributed by atoms with Crippen LogP contribution in [0.2, 0.25) is 0 Å². The molecule has 188 valence electrons. The molecular weight excluding hydrogens is 462 g/mol. The summed E-state index contributed by atoms with van der Waals surface area (Å²) in [7, 11) is 0. The molecule has 0 spiro atoms. The summed E-state index contributed by atoms with van der Waals surface area (Å²) in [6.07, 6.45) is 5.69. The molecule has 2 amide bonds. The maximum atomic E-state index is 13.9. The second-order valence-corrected chi connectivity index (χ2v) is 7.53. The van der Waals surface area contributed by atoms with Crippen molar-refractivity contribution in [2.45, 2.75) is 25.9 Å². The zero-order valence-corrected chi connectivity index (χ0v) is 19.1. The van der Waals surface area contributed by atoms with Gasteiger partial charge in [0.1, 0.15) is 30.1 Å². The minimum Gasteiger partial charge on any atom is -0.491 e. The highest BCUT2D eigenvalue weighted by atomic mass is 19.1. The van der Waals surface area contributed by atoms with E-state index >= 15 is 0 Å². The van der Waals surface area contributed by atoms with Crippen LogP contribution in [0.4, 0.5) is 19.3 Å². The van der Waals surface area contributed by atoms with Gasteiger partial charge in [-0.3, -0.25) is 15.3 Å². The van der Waals surface area contributed by atoms with Gasteiger partial charge in [0.25, 0.3) is 5.91 Å². The number of hydrogen-bond donors (Lipinski definition) is 4. The van der Waals surface area contributed by atoms with Crippen molar-refractivity contribution >= 4 is 17.7 Å². The van der Waals surface area contributed by atoms with E-state index in [1.165, 1.54) is 11.6 Å². The van der Waals surface area contributed by atoms with Gasteiger partial charge in [-0.15, -0.1) is 0 Å². The zero-order valence-electron chi connectivity index (χ0n) is 19.1. The number of carbonyl (C=O) groups excluding carboxylic acids is 2. The lowest BCUT2D eigenvalue weighted by Gasteiger charge is -2.25. The molecule has 0 aliphatic carbocycles. The molecule has 0 unspecified atom stereocenters. The maximum absolute atomic E-state index is 13.9. The van der Waals surface area contributed by atoms with Gasteiger partial charge in [-0.25, -0.2) is 19.1 Å². The first-order valence-electron chi connectivity index (χ1n) is 10.9. The fraction of sp³-hybridized carbons (Fsp3) is 0.280. The van der Waals surface area contributed by atoms with Crippen molar-refractivity contribution in [2.75, 3.05) is 18.5 Å². The summed E-state index contributed by atoms with van der Waals surface area (Å²) in [4.78, 5) is 23.5. The third-order valence-electron chi connectivity index (χ3n) is 4.88. The van der Waals surface area contributed by atoms with Gasteiger partial charge in [0.15, 0.2) is 0 Å². The number of aliphatic hydroxyl groups excluding tert-OH is 1. The Morgan fingerprint density at radius 1 is 1.11 bits per heavy atom. The van der Waals surface area contributed by atoms with E-state index in [2.05, 4.69) is 5.32 Å². The molecule has 2 atom stereocenters. The number of anilines is 1. The third-order valence-corrected chi connectivity index (χ3v) is 4.88. The Morgan fingerprint density at radius 3 is 2.51 bits per heavy atom. The molecular formula is C25H28F2N2O6. The fourth-order valence-corrected chi connectivity index (χ4v) is 3.14. The molecule has 2 aromatic carbocycles. The summed E-state index contributed by atoms with van der Waals surface area (Å²) in [5.74, 6) is -1.97. The maximum Gasteiger partial charge on any atom is 0.412 e. The van der Waals surface area contributed by atoms with Gasteiger partial charge >= 0.3 is 6.09 Å². The normalized spacial score (nSPS) is 12.9. The van der Waals surface area contributed by atoms with E-state index < -0.39 is 29.7 Å². The van der Waals surface area contributed by atoms with Gasteiger partial charge in [-0.2, -0.15) is 0 Å². The van der Waals surface area contributed by atoms with Crippen molar-refractivity contribution in [1.29, 1.82) is 0 Å². The minimum absolute atomic E-state index is 0.127. The topological polar surface area (TPSA) is 117 Å². The molecule has 0 aromatic heterocycles. The second kappa shape index (κ2) is 14.5. The summed E-state index contributed by atoms with van der Waals surface area (Å²) in [6, 6.07) is 9.61. The number of aliphatic hydroxyl groups is 1. The van der Waals surface area contributed by atoms with Crippen LogP contribution in [0.5, 0.6) is 5.75 Å². The van der Waals surface area contributed by atoms with Crippen molar-refractivity contribution in [1.82, 2.24) is 5.48 Å². The van der Waals surface area contributed by atoms with Crippen LogP contribution in [0.3, 0.4) is 0 Å². The molecule has 0 bridgehead atoms. The van der Waals surface area contributed by atoms with Crippen molar-refractivity contribution < 1.29 is 38.2 Å². The zero-order chi connectivity index (χ0) is 25.6. The molecule has 0 saturated heterocycles. The van der Waals surface area contributed by atoms with E-state index in [0.717, 1.165) is 18.2 Å². The lowest BCUT2D eigenvalue weighted by molar-refractivity contribution is -0.124. The van der Waals surface area contributed by atoms with Crippen LogP contribution in [-0.2, 0) is 9.53 Å². The van der Waals surface area contributed by atoms with Gasteiger partial charge in [-0.1, -0.05) is 37.3 Å². The number of halogens is 2. The van der Waals surface area contributed by atoms with Gasteiger partial charge in [-0.05, 0) is 48.6 Å². The summed E-state index contributed by atoms with van der Waals surface area (Å²) < 4.78 is 38.0. The Morgan fingerprint density at radius 2 is 1.86 bits per heavy atom. The Bertz CT molecular complexity index is 1030. The first kappa shape index (κ1) is 27.5. The van der Waals surface area contributed by atoms with Crippen LogP contribution in [0, 0.1) is 17.6 Å². The molecule has 8 nitrogen and oxygen atoms in total. The number of hydroxylamine groups is 1. The SMILES string of the molecule is C[C@@H](CC/C=C/C=C/C(=O)NO)[C@H](OC(=O)Nc1ccc(F)cc1F)c1ccc(OCCO)cc1. The number of carbonyl (C=O) groups is 2. The molecule has 0 saturated carbocycles. The summed E-state index contributed by atoms with van der Waals surface area (Å²) in [6.45, 7) is 1.90. The van der Waals surface area contributed by atoms with Gasteiger partial charge in [0, 0.05) is 12.1 Å². The minimum atomic E-state index is -0.926. The predicted octanol–water partition coefficient (Wildman–Crippen LogP) is 4.66. The van der Waals surface area contributed by atoms with Gasteiger partial charge in [0.05, 0.1) is 12.3 Å². The van der Waals surface area contributed by atoms with Crippen LogP contribution in [0.25, 0.3) is 0 Å². The number of benzene rings is 2. The largest absolute Gasteiger partial charge is 0.491 e. The van der Waals surface area contributed by atoms with Crippen molar-refractivity contribution in [3.8, 4) is 5.75 Å². The molecule has 2 aromatic rings. The quantitative estimate of drug-likeness (QED) is 0.149. The molecule has 2 rings (SSSR count). The molecule has 4 N–H and O–H groups in total. The van der Waals surface area contributed by atoms with E-state index in [4.69, 9.17) is 19.8 Å². The molecule has 0 aliphatic heterocycles. The summed E-state index contributed by atoms with van der Waals surface area (Å²) in [5.41, 5.74) is 1.95. The van der Waals surface area contributed by atoms with Crippen LogP contribution in [-0.4, -0.2) is 35.5 Å². The van der Waals surface area contributed by atoms with E-state index in [0.29, 0.717) is 30.2 Å². The number of rotatable bonds is 12. The van der Waals surface area contributed by atoms with Crippen LogP contribution in [0.15, 0.2) is 66.8 Å². The average Bonchev–Trinajstić information content (AvgIpc) is 2.85. The smallest absolute Gasteiger partial charge is 0.412 e. The molecule has 0 radical (unpaired) electrons. The fourth-order valence-electron chi connectivity index (χ4n) is 3.14. The number of allylic oxidation sites excluding steroid dienone is 3. The average molecular weight is 491 g/mol. The first-order chi connectivity index (χ1) is 16.8. The Hall–Kier alpha value is -3.76. The Balaban J connectivity index is 2.10. The van der Waals surface area contributed by atoms with Crippen molar-refractivity contribution in [3.63, 3.8) is 0 Å². The number of ether oxygens (including phenoxy) is 2. The van der Waals surface area contributed by atoms with Crippen LogP contribution in [0.1, 0.15) is 31.4 Å². The van der Waals surface area contributed by atoms with E-state index in [1.807, 2.05) is 13.0 Å². The second-order valence-electron chi connectivity index (χ2n) is 7.53. The first-order valence-corrected chi connectivity index (χ1v) is 10.9. The van der Waals surface area contributed by atoms with E-state index in [1.54, 1.807) is 30.3 Å². The Kier molecular flexibility index (Phi) is 11.4. The van der Waals surface area contributed by atoms with E-state index in [9.17, 15) is 18.4 Å². The number of hydrogen-bond acceptors (Lipinski definition) is 6. The lowest BCUT2D eigenvalue weighted by atomic mass is 9.93. The van der Waals surface area contributed by atoms with Crippen LogP contribution < -0.4 is 15.5 Å². The molecule has 0 aliphatic rings. The number of amides is 2. The number of nitrogens with one attached hydrogen (secondary N) is 2. The highest BCUT2D eigenvalue weighted by Crippen LogP contribution is 2.31. The van der Waals surface area contributed by atoms with Crippen LogP contribution >= 0.6 is 0 Å². The monoisotopic (exact) mass is 490 g/mol. The lowest BCUT2D eigenvalue weighted by Crippen LogP contribution is -2.22. The molecule has 35 heavy (non-hydrogen) atoms. The summed E-state index contributed by atoms with van der Waals surface area (Å²) in [5, 5.41) is 19.6. The molecule has 0 fully saturated rings. The highest BCUT2D eigenvalue weighted by molar-refractivity contribution is 5.86. The van der Waals surface area contributed by atoms with Crippen molar-refractivity contribution in [3.05, 3.63) is 84.0 Å². The Labute approximate surface area is 201 Å². The highest BCUT2D eigenvalue weighted by Gasteiger charge is 2.24. The third kappa shape index (κ3) is 9.55. The predicted molar refractivity (Wildman–Crippen MR) is 125 cm³/mol.